The molecule has 1 aliphatic rings. The van der Waals surface area contributed by atoms with E-state index in [2.05, 4.69) is 18.9 Å². The van der Waals surface area contributed by atoms with Gasteiger partial charge >= 0.3 is 0 Å². The number of aryl methyl sites for hydroxylation is 1. The molecule has 0 unspecified atom stereocenters. The van der Waals surface area contributed by atoms with Gasteiger partial charge in [0.1, 0.15) is 5.69 Å². The molecule has 112 valence electrons. The highest BCUT2D eigenvalue weighted by Crippen LogP contribution is 2.23. The van der Waals surface area contributed by atoms with Crippen molar-refractivity contribution in [2.45, 2.75) is 58.6 Å². The summed E-state index contributed by atoms with van der Waals surface area (Å²) >= 11 is 0. The lowest BCUT2D eigenvalue weighted by Crippen LogP contribution is -2.45. The molecule has 0 spiro atoms. The molecular weight excluding hydrogens is 254 g/mol. The molecule has 5 nitrogen and oxygen atoms in total. The molecule has 0 saturated carbocycles. The van der Waals surface area contributed by atoms with Crippen molar-refractivity contribution in [2.24, 2.45) is 0 Å². The monoisotopic (exact) mass is 279 g/mol. The highest BCUT2D eigenvalue weighted by molar-refractivity contribution is 5.92. The van der Waals surface area contributed by atoms with Gasteiger partial charge in [0.05, 0.1) is 11.3 Å². The zero-order chi connectivity index (χ0) is 14.9. The van der Waals surface area contributed by atoms with E-state index in [0.717, 1.165) is 5.69 Å². The molecule has 2 rings (SSSR count). The fraction of sp³-hybridized carbons (Fsp3) is 0.733. The Morgan fingerprint density at radius 2 is 2.05 bits per heavy atom. The van der Waals surface area contributed by atoms with Crippen molar-refractivity contribution in [3.05, 3.63) is 17.5 Å². The third kappa shape index (κ3) is 3.03. The Bertz CT molecular complexity index is 481. The number of likely N-dealkylation sites (tertiary alicyclic amines) is 1. The summed E-state index contributed by atoms with van der Waals surface area (Å²) in [5, 5.41) is 14.5. The molecule has 0 atom stereocenters. The van der Waals surface area contributed by atoms with Crippen molar-refractivity contribution < 1.29 is 9.90 Å². The summed E-state index contributed by atoms with van der Waals surface area (Å²) < 4.78 is 1.78. The van der Waals surface area contributed by atoms with Crippen molar-refractivity contribution in [3.63, 3.8) is 0 Å². The van der Waals surface area contributed by atoms with Crippen molar-refractivity contribution in [1.29, 1.82) is 0 Å². The molecule has 1 aliphatic heterocycles. The molecule has 0 bridgehead atoms. The molecule has 1 aromatic heterocycles. The van der Waals surface area contributed by atoms with Crippen LogP contribution in [-0.2, 0) is 6.54 Å². The number of aromatic nitrogens is 2. The molecule has 1 saturated heterocycles. The van der Waals surface area contributed by atoms with Crippen molar-refractivity contribution >= 4 is 5.91 Å². The Hall–Kier alpha value is -1.36. The van der Waals surface area contributed by atoms with E-state index in [-0.39, 0.29) is 5.91 Å². The van der Waals surface area contributed by atoms with Crippen LogP contribution in [0.2, 0.25) is 0 Å². The van der Waals surface area contributed by atoms with E-state index in [0.29, 0.717) is 44.1 Å². The first-order valence-electron chi connectivity index (χ1n) is 7.43. The zero-order valence-electron chi connectivity index (χ0n) is 12.9. The van der Waals surface area contributed by atoms with Gasteiger partial charge in [-0.05, 0) is 38.7 Å². The molecular formula is C15H25N3O2. The van der Waals surface area contributed by atoms with Crippen LogP contribution >= 0.6 is 0 Å². The third-order valence-corrected chi connectivity index (χ3v) is 4.04. The Balaban J connectivity index is 2.17. The Labute approximate surface area is 120 Å². The molecule has 0 aromatic carbocycles. The van der Waals surface area contributed by atoms with Crippen LogP contribution in [0.15, 0.2) is 6.07 Å². The first-order chi connectivity index (χ1) is 9.34. The average molecular weight is 279 g/mol. The molecule has 1 N–H and O–H groups in total. The van der Waals surface area contributed by atoms with Crippen LogP contribution in [0.5, 0.6) is 0 Å². The summed E-state index contributed by atoms with van der Waals surface area (Å²) in [6.07, 6.45) is 1.27. The number of aliphatic hydroxyl groups is 1. The molecule has 0 radical (unpaired) electrons. The van der Waals surface area contributed by atoms with Crippen LogP contribution in [0.25, 0.3) is 0 Å². The summed E-state index contributed by atoms with van der Waals surface area (Å²) in [5.41, 5.74) is 0.988. The minimum absolute atomic E-state index is 0.0294. The number of carbonyl (C=O) groups is 1. The molecule has 20 heavy (non-hydrogen) atoms. The SMILES string of the molecule is CCn1nc(C(C)C)cc1C(=O)N1CCC(C)(O)CC1. The van der Waals surface area contributed by atoms with Crippen LogP contribution in [0.3, 0.4) is 0 Å². The number of nitrogens with zero attached hydrogens (tertiary/aromatic N) is 3. The van der Waals surface area contributed by atoms with Crippen LogP contribution in [0.4, 0.5) is 0 Å². The number of hydrogen-bond acceptors (Lipinski definition) is 3. The van der Waals surface area contributed by atoms with Crippen molar-refractivity contribution in [3.8, 4) is 0 Å². The first-order valence-corrected chi connectivity index (χ1v) is 7.43. The lowest BCUT2D eigenvalue weighted by atomic mass is 9.94. The van der Waals surface area contributed by atoms with E-state index < -0.39 is 5.60 Å². The Kier molecular flexibility index (Phi) is 4.18. The number of hydrogen-bond donors (Lipinski definition) is 1. The van der Waals surface area contributed by atoms with Gasteiger partial charge < -0.3 is 10.0 Å². The van der Waals surface area contributed by atoms with Gasteiger partial charge in [0.15, 0.2) is 0 Å². The van der Waals surface area contributed by atoms with Crippen molar-refractivity contribution in [1.82, 2.24) is 14.7 Å². The second-order valence-corrected chi connectivity index (χ2v) is 6.21. The van der Waals surface area contributed by atoms with Gasteiger partial charge in [-0.1, -0.05) is 13.8 Å². The quantitative estimate of drug-likeness (QED) is 0.921. The molecule has 2 heterocycles. The van der Waals surface area contributed by atoms with E-state index in [1.807, 2.05) is 24.8 Å². The van der Waals surface area contributed by atoms with Crippen LogP contribution in [-0.4, -0.2) is 44.4 Å². The summed E-state index contributed by atoms with van der Waals surface area (Å²) in [5.74, 6) is 0.346. The van der Waals surface area contributed by atoms with Crippen LogP contribution < -0.4 is 0 Å². The molecule has 1 amide bonds. The minimum Gasteiger partial charge on any atom is -0.390 e. The third-order valence-electron chi connectivity index (χ3n) is 4.04. The predicted molar refractivity (Wildman–Crippen MR) is 77.8 cm³/mol. The molecule has 0 aliphatic carbocycles. The van der Waals surface area contributed by atoms with E-state index in [1.165, 1.54) is 0 Å². The fourth-order valence-corrected chi connectivity index (χ4v) is 2.49. The van der Waals surface area contributed by atoms with E-state index in [9.17, 15) is 9.90 Å². The van der Waals surface area contributed by atoms with Gasteiger partial charge in [0.25, 0.3) is 5.91 Å². The number of carbonyl (C=O) groups excluding carboxylic acids is 1. The van der Waals surface area contributed by atoms with E-state index in [1.54, 1.807) is 4.68 Å². The number of amides is 1. The maximum absolute atomic E-state index is 12.6. The maximum atomic E-state index is 12.6. The van der Waals surface area contributed by atoms with E-state index >= 15 is 0 Å². The molecule has 1 aromatic rings. The standard InChI is InChI=1S/C15H25N3O2/c1-5-18-13(10-12(16-18)11(2)3)14(19)17-8-6-15(4,20)7-9-17/h10-11,20H,5-9H2,1-4H3. The fourth-order valence-electron chi connectivity index (χ4n) is 2.49. The Morgan fingerprint density at radius 3 is 2.55 bits per heavy atom. The largest absolute Gasteiger partial charge is 0.390 e. The molecule has 5 heteroatoms. The van der Waals surface area contributed by atoms with Crippen LogP contribution in [0.1, 0.15) is 62.6 Å². The van der Waals surface area contributed by atoms with Gasteiger partial charge in [-0.2, -0.15) is 5.10 Å². The minimum atomic E-state index is -0.634. The van der Waals surface area contributed by atoms with Crippen LogP contribution in [0, 0.1) is 0 Å². The highest BCUT2D eigenvalue weighted by atomic mass is 16.3. The summed E-state index contributed by atoms with van der Waals surface area (Å²) in [6.45, 7) is 9.90. The van der Waals surface area contributed by atoms with Gasteiger partial charge in [-0.25, -0.2) is 0 Å². The average Bonchev–Trinajstić information content (AvgIpc) is 2.82. The van der Waals surface area contributed by atoms with E-state index in [4.69, 9.17) is 0 Å². The Morgan fingerprint density at radius 1 is 1.45 bits per heavy atom. The topological polar surface area (TPSA) is 58.4 Å². The lowest BCUT2D eigenvalue weighted by molar-refractivity contribution is -0.00235. The number of rotatable bonds is 3. The van der Waals surface area contributed by atoms with Gasteiger partial charge in [-0.15, -0.1) is 0 Å². The second kappa shape index (κ2) is 5.56. The summed E-state index contributed by atoms with van der Waals surface area (Å²) in [6, 6.07) is 1.91. The van der Waals surface area contributed by atoms with Gasteiger partial charge in [0, 0.05) is 19.6 Å². The molecule has 1 fully saturated rings. The normalized spacial score (nSPS) is 18.6. The number of piperidine rings is 1. The van der Waals surface area contributed by atoms with Gasteiger partial charge in [0.2, 0.25) is 0 Å². The van der Waals surface area contributed by atoms with Gasteiger partial charge in [-0.3, -0.25) is 9.48 Å². The summed E-state index contributed by atoms with van der Waals surface area (Å²) in [4.78, 5) is 14.4. The smallest absolute Gasteiger partial charge is 0.272 e. The lowest BCUT2D eigenvalue weighted by Gasteiger charge is -2.35. The van der Waals surface area contributed by atoms with Crippen molar-refractivity contribution in [2.75, 3.05) is 13.1 Å². The maximum Gasteiger partial charge on any atom is 0.272 e. The predicted octanol–water partition coefficient (Wildman–Crippen LogP) is 2.01. The zero-order valence-corrected chi connectivity index (χ0v) is 12.9. The second-order valence-electron chi connectivity index (χ2n) is 6.21. The highest BCUT2D eigenvalue weighted by Gasteiger charge is 2.31. The first kappa shape index (κ1) is 15.0. The summed E-state index contributed by atoms with van der Waals surface area (Å²) in [7, 11) is 0.